The lowest BCUT2D eigenvalue weighted by atomic mass is 10.1. The summed E-state index contributed by atoms with van der Waals surface area (Å²) in [7, 11) is 0. The zero-order valence-electron chi connectivity index (χ0n) is 12.4. The van der Waals surface area contributed by atoms with Crippen molar-refractivity contribution in [2.75, 3.05) is 12.3 Å². The summed E-state index contributed by atoms with van der Waals surface area (Å²) < 4.78 is 0. The number of benzene rings is 2. The molecule has 0 saturated heterocycles. The van der Waals surface area contributed by atoms with E-state index in [0.717, 1.165) is 12.2 Å². The van der Waals surface area contributed by atoms with Crippen molar-refractivity contribution < 1.29 is 9.59 Å². The molecular formula is C18H17NO2S. The second-order valence-electron chi connectivity index (χ2n) is 5.33. The molecule has 0 radical (unpaired) electrons. The molecule has 0 spiro atoms. The lowest BCUT2D eigenvalue weighted by Gasteiger charge is -2.13. The molecule has 3 rings (SSSR count). The first-order valence-corrected chi connectivity index (χ1v) is 8.30. The number of aryl methyl sites for hydroxylation is 1. The molecule has 2 aromatic rings. The molecule has 2 amide bonds. The maximum atomic E-state index is 12.2. The van der Waals surface area contributed by atoms with Crippen LogP contribution >= 0.6 is 11.8 Å². The minimum Gasteiger partial charge on any atom is -0.274 e. The first-order chi connectivity index (χ1) is 10.7. The molecular weight excluding hydrogens is 294 g/mol. The van der Waals surface area contributed by atoms with Crippen LogP contribution in [0.25, 0.3) is 0 Å². The Balaban J connectivity index is 1.55. The van der Waals surface area contributed by atoms with E-state index >= 15 is 0 Å². The maximum Gasteiger partial charge on any atom is 0.261 e. The minimum absolute atomic E-state index is 0.166. The third-order valence-corrected chi connectivity index (χ3v) is 4.74. The Morgan fingerprint density at radius 1 is 0.955 bits per heavy atom. The fourth-order valence-corrected chi connectivity index (χ4v) is 3.51. The van der Waals surface area contributed by atoms with Gasteiger partial charge in [0.1, 0.15) is 0 Å². The van der Waals surface area contributed by atoms with Crippen LogP contribution in [0.4, 0.5) is 0 Å². The van der Waals surface area contributed by atoms with Crippen molar-refractivity contribution in [2.45, 2.75) is 18.2 Å². The van der Waals surface area contributed by atoms with Crippen molar-refractivity contribution in [1.82, 2.24) is 4.90 Å². The van der Waals surface area contributed by atoms with Gasteiger partial charge in [0.2, 0.25) is 0 Å². The molecule has 0 aromatic heterocycles. The van der Waals surface area contributed by atoms with Crippen LogP contribution in [0.2, 0.25) is 0 Å². The second kappa shape index (κ2) is 6.36. The van der Waals surface area contributed by atoms with Crippen LogP contribution in [0.1, 0.15) is 32.7 Å². The standard InChI is InChI=1S/C18H17NO2S/c1-13-6-4-7-14(12-13)22-11-5-10-19-17(20)15-8-2-3-9-16(15)18(19)21/h2-4,6-9,12H,5,10-11H2,1H3. The van der Waals surface area contributed by atoms with E-state index in [4.69, 9.17) is 0 Å². The van der Waals surface area contributed by atoms with E-state index in [1.54, 1.807) is 36.0 Å². The van der Waals surface area contributed by atoms with E-state index < -0.39 is 0 Å². The summed E-state index contributed by atoms with van der Waals surface area (Å²) >= 11 is 1.76. The molecule has 0 saturated carbocycles. The molecule has 112 valence electrons. The zero-order valence-corrected chi connectivity index (χ0v) is 13.2. The van der Waals surface area contributed by atoms with Gasteiger partial charge < -0.3 is 0 Å². The molecule has 4 heteroatoms. The van der Waals surface area contributed by atoms with Crippen molar-refractivity contribution in [3.63, 3.8) is 0 Å². The summed E-state index contributed by atoms with van der Waals surface area (Å²) in [6.45, 7) is 2.55. The summed E-state index contributed by atoms with van der Waals surface area (Å²) in [5, 5.41) is 0. The fraction of sp³-hybridized carbons (Fsp3) is 0.222. The molecule has 1 heterocycles. The minimum atomic E-state index is -0.166. The normalized spacial score (nSPS) is 13.6. The number of amides is 2. The lowest BCUT2D eigenvalue weighted by molar-refractivity contribution is 0.0655. The van der Waals surface area contributed by atoms with Crippen molar-refractivity contribution in [3.8, 4) is 0 Å². The zero-order chi connectivity index (χ0) is 15.5. The highest BCUT2D eigenvalue weighted by molar-refractivity contribution is 7.99. The molecule has 0 N–H and O–H groups in total. The van der Waals surface area contributed by atoms with Crippen molar-refractivity contribution in [1.29, 1.82) is 0 Å². The van der Waals surface area contributed by atoms with Crippen LogP contribution in [0, 0.1) is 6.92 Å². The predicted octanol–water partition coefficient (Wildman–Crippen LogP) is 3.77. The van der Waals surface area contributed by atoms with Crippen LogP contribution in [-0.4, -0.2) is 29.0 Å². The SMILES string of the molecule is Cc1cccc(SCCCN2C(=O)c3ccccc3C2=O)c1. The largest absolute Gasteiger partial charge is 0.274 e. The highest BCUT2D eigenvalue weighted by Crippen LogP contribution is 2.24. The van der Waals surface area contributed by atoms with Gasteiger partial charge in [0.25, 0.3) is 11.8 Å². The van der Waals surface area contributed by atoms with Crippen LogP contribution in [0.5, 0.6) is 0 Å². The van der Waals surface area contributed by atoms with Crippen molar-refractivity contribution in [3.05, 3.63) is 65.2 Å². The molecule has 0 unspecified atom stereocenters. The Bertz CT molecular complexity index is 692. The van der Waals surface area contributed by atoms with Crippen LogP contribution in [0.15, 0.2) is 53.4 Å². The quantitative estimate of drug-likeness (QED) is 0.479. The van der Waals surface area contributed by atoms with Crippen LogP contribution < -0.4 is 0 Å². The number of thioether (sulfide) groups is 1. The van der Waals surface area contributed by atoms with Gasteiger partial charge >= 0.3 is 0 Å². The number of fused-ring (bicyclic) bond motifs is 1. The van der Waals surface area contributed by atoms with E-state index in [1.807, 2.05) is 6.07 Å². The molecule has 3 nitrogen and oxygen atoms in total. The number of hydrogen-bond acceptors (Lipinski definition) is 3. The van der Waals surface area contributed by atoms with Gasteiger partial charge in [-0.1, -0.05) is 29.8 Å². The second-order valence-corrected chi connectivity index (χ2v) is 6.49. The molecule has 0 fully saturated rings. The first-order valence-electron chi connectivity index (χ1n) is 7.31. The Labute approximate surface area is 134 Å². The summed E-state index contributed by atoms with van der Waals surface area (Å²) in [4.78, 5) is 27.0. The number of carbonyl (C=O) groups is 2. The van der Waals surface area contributed by atoms with Gasteiger partial charge in [-0.15, -0.1) is 11.8 Å². The molecule has 0 bridgehead atoms. The Morgan fingerprint density at radius 2 is 1.64 bits per heavy atom. The van der Waals surface area contributed by atoms with E-state index in [2.05, 4.69) is 25.1 Å². The molecule has 0 aliphatic carbocycles. The van der Waals surface area contributed by atoms with Gasteiger partial charge in [-0.25, -0.2) is 0 Å². The number of carbonyl (C=O) groups excluding carboxylic acids is 2. The molecule has 0 atom stereocenters. The maximum absolute atomic E-state index is 12.2. The van der Waals surface area contributed by atoms with Gasteiger partial charge in [0, 0.05) is 11.4 Å². The average molecular weight is 311 g/mol. The topological polar surface area (TPSA) is 37.4 Å². The van der Waals surface area contributed by atoms with E-state index in [9.17, 15) is 9.59 Å². The molecule has 2 aromatic carbocycles. The van der Waals surface area contributed by atoms with E-state index in [1.165, 1.54) is 15.4 Å². The number of imide groups is 1. The van der Waals surface area contributed by atoms with Crippen LogP contribution in [0.3, 0.4) is 0 Å². The first kappa shape index (κ1) is 14.9. The predicted molar refractivity (Wildman–Crippen MR) is 88.3 cm³/mol. The fourth-order valence-electron chi connectivity index (χ4n) is 2.56. The average Bonchev–Trinajstić information content (AvgIpc) is 2.77. The summed E-state index contributed by atoms with van der Waals surface area (Å²) in [6.07, 6.45) is 0.796. The monoisotopic (exact) mass is 311 g/mol. The van der Waals surface area contributed by atoms with E-state index in [-0.39, 0.29) is 11.8 Å². The molecule has 1 aliphatic rings. The molecule has 1 aliphatic heterocycles. The van der Waals surface area contributed by atoms with Crippen molar-refractivity contribution >= 4 is 23.6 Å². The smallest absolute Gasteiger partial charge is 0.261 e. The Hall–Kier alpha value is -2.07. The Kier molecular flexibility index (Phi) is 4.29. The number of nitrogens with zero attached hydrogens (tertiary/aromatic N) is 1. The highest BCUT2D eigenvalue weighted by atomic mass is 32.2. The summed E-state index contributed by atoms with van der Waals surface area (Å²) in [5.41, 5.74) is 2.29. The van der Waals surface area contributed by atoms with Gasteiger partial charge in [0.05, 0.1) is 11.1 Å². The van der Waals surface area contributed by atoms with Crippen molar-refractivity contribution in [2.24, 2.45) is 0 Å². The van der Waals surface area contributed by atoms with Gasteiger partial charge in [0.15, 0.2) is 0 Å². The summed E-state index contributed by atoms with van der Waals surface area (Å²) in [5.74, 6) is 0.555. The number of rotatable bonds is 5. The van der Waals surface area contributed by atoms with Gasteiger partial charge in [-0.3, -0.25) is 14.5 Å². The van der Waals surface area contributed by atoms with Gasteiger partial charge in [-0.2, -0.15) is 0 Å². The highest BCUT2D eigenvalue weighted by Gasteiger charge is 2.34. The van der Waals surface area contributed by atoms with E-state index in [0.29, 0.717) is 17.7 Å². The lowest BCUT2D eigenvalue weighted by Crippen LogP contribution is -2.30. The third kappa shape index (κ3) is 2.92. The molecule has 22 heavy (non-hydrogen) atoms. The number of hydrogen-bond donors (Lipinski definition) is 0. The van der Waals surface area contributed by atoms with Gasteiger partial charge in [-0.05, 0) is 43.4 Å². The summed E-state index contributed by atoms with van der Waals surface area (Å²) in [6, 6.07) is 15.4. The Morgan fingerprint density at radius 3 is 2.27 bits per heavy atom. The van der Waals surface area contributed by atoms with Crippen LogP contribution in [-0.2, 0) is 0 Å². The third-order valence-electron chi connectivity index (χ3n) is 3.66.